The lowest BCUT2D eigenvalue weighted by Gasteiger charge is -2.36. The van der Waals surface area contributed by atoms with Gasteiger partial charge in [0, 0.05) is 17.5 Å². The molecule has 0 amide bonds. The molecule has 1 aromatic rings. The Balaban J connectivity index is 2.17. The zero-order valence-electron chi connectivity index (χ0n) is 12.4. The molecule has 2 heteroatoms. The summed E-state index contributed by atoms with van der Waals surface area (Å²) in [5.41, 5.74) is 3.19. The van der Waals surface area contributed by atoms with Gasteiger partial charge in [-0.2, -0.15) is 0 Å². The lowest BCUT2D eigenvalue weighted by molar-refractivity contribution is 0.0914. The summed E-state index contributed by atoms with van der Waals surface area (Å²) >= 11 is 0. The Morgan fingerprint density at radius 2 is 1.89 bits per heavy atom. The topological polar surface area (TPSA) is 29.1 Å². The van der Waals surface area contributed by atoms with Gasteiger partial charge >= 0.3 is 0 Å². The van der Waals surface area contributed by atoms with Crippen LogP contribution >= 0.6 is 0 Å². The van der Waals surface area contributed by atoms with Gasteiger partial charge in [-0.3, -0.25) is 4.79 Å². The van der Waals surface area contributed by atoms with Crippen molar-refractivity contribution in [1.82, 2.24) is 5.32 Å². The first-order valence-corrected chi connectivity index (χ1v) is 7.36. The average Bonchev–Trinajstić information content (AvgIpc) is 2.42. The fourth-order valence-electron chi connectivity index (χ4n) is 3.18. The van der Waals surface area contributed by atoms with Crippen LogP contribution in [0.25, 0.3) is 0 Å². The standard InChI is InChI=1S/C17H25NO/c1-13-7-8-14(2)15(11-13)16(19)12-17(18-3)9-5-4-6-10-17/h7-8,11,18H,4-6,9-10,12H2,1-3H3. The van der Waals surface area contributed by atoms with E-state index in [4.69, 9.17) is 0 Å². The molecule has 0 bridgehead atoms. The quantitative estimate of drug-likeness (QED) is 0.833. The summed E-state index contributed by atoms with van der Waals surface area (Å²) in [5.74, 6) is 0.289. The van der Waals surface area contributed by atoms with Gasteiger partial charge in [-0.05, 0) is 45.4 Å². The second-order valence-electron chi connectivity index (χ2n) is 6.01. The number of carbonyl (C=O) groups excluding carboxylic acids is 1. The highest BCUT2D eigenvalue weighted by atomic mass is 16.1. The smallest absolute Gasteiger partial charge is 0.164 e. The van der Waals surface area contributed by atoms with Crippen LogP contribution in [-0.4, -0.2) is 18.4 Å². The van der Waals surface area contributed by atoms with E-state index < -0.39 is 0 Å². The number of nitrogens with one attached hydrogen (secondary N) is 1. The van der Waals surface area contributed by atoms with Gasteiger partial charge in [-0.15, -0.1) is 0 Å². The monoisotopic (exact) mass is 259 g/mol. The maximum atomic E-state index is 12.6. The molecule has 1 fully saturated rings. The van der Waals surface area contributed by atoms with Crippen LogP contribution in [0.4, 0.5) is 0 Å². The lowest BCUT2D eigenvalue weighted by Crippen LogP contribution is -2.46. The van der Waals surface area contributed by atoms with Crippen molar-refractivity contribution in [2.75, 3.05) is 7.05 Å². The number of rotatable bonds is 4. The zero-order chi connectivity index (χ0) is 13.9. The molecule has 1 aromatic carbocycles. The summed E-state index contributed by atoms with van der Waals surface area (Å²) < 4.78 is 0. The normalized spacial score (nSPS) is 18.3. The SMILES string of the molecule is CNC1(CC(=O)c2cc(C)ccc2C)CCCCC1. The highest BCUT2D eigenvalue weighted by Gasteiger charge is 2.33. The first kappa shape index (κ1) is 14.3. The van der Waals surface area contributed by atoms with Gasteiger partial charge in [0.2, 0.25) is 0 Å². The molecule has 0 unspecified atom stereocenters. The van der Waals surface area contributed by atoms with Crippen molar-refractivity contribution in [3.63, 3.8) is 0 Å². The highest BCUT2D eigenvalue weighted by Crippen LogP contribution is 2.32. The van der Waals surface area contributed by atoms with E-state index >= 15 is 0 Å². The molecule has 0 aromatic heterocycles. The molecule has 1 aliphatic rings. The first-order valence-electron chi connectivity index (χ1n) is 7.36. The molecular formula is C17H25NO. The van der Waals surface area contributed by atoms with Crippen molar-refractivity contribution in [1.29, 1.82) is 0 Å². The maximum Gasteiger partial charge on any atom is 0.164 e. The summed E-state index contributed by atoms with van der Waals surface area (Å²) in [5, 5.41) is 3.43. The van der Waals surface area contributed by atoms with Crippen molar-refractivity contribution >= 4 is 5.78 Å². The van der Waals surface area contributed by atoms with Gasteiger partial charge in [0.1, 0.15) is 0 Å². The Kier molecular flexibility index (Phi) is 4.41. The van der Waals surface area contributed by atoms with E-state index in [1.807, 2.05) is 27.0 Å². The van der Waals surface area contributed by atoms with Gasteiger partial charge in [0.25, 0.3) is 0 Å². The summed E-state index contributed by atoms with van der Waals surface area (Å²) in [6.07, 6.45) is 6.66. The van der Waals surface area contributed by atoms with Crippen LogP contribution in [0.2, 0.25) is 0 Å². The minimum absolute atomic E-state index is 0.0333. The number of benzene rings is 1. The van der Waals surface area contributed by atoms with Gasteiger partial charge in [-0.25, -0.2) is 0 Å². The average molecular weight is 259 g/mol. The summed E-state index contributed by atoms with van der Waals surface area (Å²) in [7, 11) is 2.00. The molecule has 1 saturated carbocycles. The Bertz CT molecular complexity index is 458. The highest BCUT2D eigenvalue weighted by molar-refractivity contribution is 5.98. The second kappa shape index (κ2) is 5.87. The van der Waals surface area contributed by atoms with Crippen LogP contribution in [0.1, 0.15) is 60.0 Å². The Morgan fingerprint density at radius 3 is 2.53 bits per heavy atom. The Hall–Kier alpha value is -1.15. The Labute approximate surface area is 116 Å². The molecule has 0 spiro atoms. The largest absolute Gasteiger partial charge is 0.314 e. The van der Waals surface area contributed by atoms with Crippen LogP contribution < -0.4 is 5.32 Å². The predicted octanol–water partition coefficient (Wildman–Crippen LogP) is 3.80. The fraction of sp³-hybridized carbons (Fsp3) is 0.588. The van der Waals surface area contributed by atoms with E-state index in [2.05, 4.69) is 17.4 Å². The van der Waals surface area contributed by atoms with Gasteiger partial charge in [-0.1, -0.05) is 37.0 Å². The first-order chi connectivity index (χ1) is 9.06. The lowest BCUT2D eigenvalue weighted by atomic mass is 9.77. The number of hydrogen-bond donors (Lipinski definition) is 1. The van der Waals surface area contributed by atoms with Crippen molar-refractivity contribution in [3.05, 3.63) is 34.9 Å². The molecule has 104 valence electrons. The third-order valence-electron chi connectivity index (χ3n) is 4.53. The molecule has 2 nitrogen and oxygen atoms in total. The van der Waals surface area contributed by atoms with Gasteiger partial charge in [0.05, 0.1) is 0 Å². The van der Waals surface area contributed by atoms with Crippen LogP contribution in [0.5, 0.6) is 0 Å². The third kappa shape index (κ3) is 3.24. The Morgan fingerprint density at radius 1 is 1.21 bits per heavy atom. The van der Waals surface area contributed by atoms with E-state index in [-0.39, 0.29) is 11.3 Å². The minimum Gasteiger partial charge on any atom is -0.314 e. The van der Waals surface area contributed by atoms with Gasteiger partial charge in [0.15, 0.2) is 5.78 Å². The minimum atomic E-state index is 0.0333. The van der Waals surface area contributed by atoms with Crippen molar-refractivity contribution in [3.8, 4) is 0 Å². The zero-order valence-corrected chi connectivity index (χ0v) is 12.4. The molecule has 2 rings (SSSR count). The summed E-state index contributed by atoms with van der Waals surface area (Å²) in [6.45, 7) is 4.07. The molecule has 19 heavy (non-hydrogen) atoms. The van der Waals surface area contributed by atoms with E-state index in [0.717, 1.165) is 29.5 Å². The van der Waals surface area contributed by atoms with Crippen molar-refractivity contribution in [2.45, 2.75) is 57.9 Å². The predicted molar refractivity (Wildman–Crippen MR) is 79.7 cm³/mol. The van der Waals surface area contributed by atoms with E-state index in [1.165, 1.54) is 19.3 Å². The number of aryl methyl sites for hydroxylation is 2. The van der Waals surface area contributed by atoms with Crippen molar-refractivity contribution < 1.29 is 4.79 Å². The van der Waals surface area contributed by atoms with E-state index in [1.54, 1.807) is 0 Å². The number of Topliss-reactive ketones (excluding diaryl/α,β-unsaturated/α-hetero) is 1. The number of ketones is 1. The molecule has 1 aliphatic carbocycles. The summed E-state index contributed by atoms with van der Waals surface area (Å²) in [4.78, 5) is 12.6. The fourth-order valence-corrected chi connectivity index (χ4v) is 3.18. The van der Waals surface area contributed by atoms with Crippen LogP contribution in [-0.2, 0) is 0 Å². The molecule has 0 aliphatic heterocycles. The van der Waals surface area contributed by atoms with E-state index in [9.17, 15) is 4.79 Å². The third-order valence-corrected chi connectivity index (χ3v) is 4.53. The van der Waals surface area contributed by atoms with Crippen LogP contribution in [0.3, 0.4) is 0 Å². The molecule has 0 saturated heterocycles. The summed E-state index contributed by atoms with van der Waals surface area (Å²) in [6, 6.07) is 6.15. The second-order valence-corrected chi connectivity index (χ2v) is 6.01. The molecule has 1 N–H and O–H groups in total. The molecular weight excluding hydrogens is 234 g/mol. The number of carbonyl (C=O) groups is 1. The molecule has 0 atom stereocenters. The van der Waals surface area contributed by atoms with Crippen LogP contribution in [0, 0.1) is 13.8 Å². The molecule has 0 radical (unpaired) electrons. The van der Waals surface area contributed by atoms with Crippen LogP contribution in [0.15, 0.2) is 18.2 Å². The van der Waals surface area contributed by atoms with Crippen molar-refractivity contribution in [2.24, 2.45) is 0 Å². The molecule has 0 heterocycles. The van der Waals surface area contributed by atoms with Gasteiger partial charge < -0.3 is 5.32 Å². The number of hydrogen-bond acceptors (Lipinski definition) is 2. The van der Waals surface area contributed by atoms with E-state index in [0.29, 0.717) is 6.42 Å². The maximum absolute atomic E-state index is 12.6.